The molecule has 0 spiro atoms. The maximum atomic E-state index is 5.80. The van der Waals surface area contributed by atoms with Crippen molar-refractivity contribution < 1.29 is 0 Å². The molecule has 1 fully saturated rings. The van der Waals surface area contributed by atoms with Gasteiger partial charge in [0.05, 0.1) is 0 Å². The van der Waals surface area contributed by atoms with E-state index < -0.39 is 0 Å². The van der Waals surface area contributed by atoms with Crippen LogP contribution in [-0.4, -0.2) is 36.1 Å². The molecule has 0 bridgehead atoms. The van der Waals surface area contributed by atoms with Crippen molar-refractivity contribution in [2.75, 3.05) is 25.5 Å². The third-order valence-corrected chi connectivity index (χ3v) is 4.85. The Hall–Kier alpha value is -0.650. The van der Waals surface area contributed by atoms with Crippen molar-refractivity contribution in [2.45, 2.75) is 31.7 Å². The van der Waals surface area contributed by atoms with Gasteiger partial charge >= 0.3 is 0 Å². The molecule has 0 radical (unpaired) electrons. The average Bonchev–Trinajstić information content (AvgIpc) is 2.92. The molecule has 3 nitrogen and oxygen atoms in total. The number of nitrogens with zero attached hydrogens (tertiary/aromatic N) is 1. The number of hydrogen-bond donors (Lipinski definition) is 2. The molecule has 0 aromatic heterocycles. The summed E-state index contributed by atoms with van der Waals surface area (Å²) in [7, 11) is 2.22. The number of nitrogens with one attached hydrogen (secondary N) is 1. The second-order valence-electron chi connectivity index (χ2n) is 5.37. The highest BCUT2D eigenvalue weighted by molar-refractivity contribution is 9.10. The summed E-state index contributed by atoms with van der Waals surface area (Å²) in [5.74, 6) is 0. The number of likely N-dealkylation sites (N-methyl/N-ethyl adjacent to an activating group) is 1. The standard InChI is InChI=1S/C15H22BrN3S/c1-19(11-5-2-3-6-11)10-9-18-13-8-4-7-12(16)14(13)15(17)20/h4,7-8,11,18H,2-3,5-6,9-10H2,1H3,(H2,17,20). The lowest BCUT2D eigenvalue weighted by atomic mass is 10.1. The number of anilines is 1. The van der Waals surface area contributed by atoms with Crippen LogP contribution in [0.15, 0.2) is 22.7 Å². The van der Waals surface area contributed by atoms with Crippen molar-refractivity contribution in [2.24, 2.45) is 5.73 Å². The van der Waals surface area contributed by atoms with Crippen LogP contribution < -0.4 is 11.1 Å². The molecule has 1 saturated carbocycles. The van der Waals surface area contributed by atoms with E-state index in [0.29, 0.717) is 4.99 Å². The summed E-state index contributed by atoms with van der Waals surface area (Å²) >= 11 is 8.63. The summed E-state index contributed by atoms with van der Waals surface area (Å²) in [5.41, 5.74) is 7.70. The van der Waals surface area contributed by atoms with Crippen molar-refractivity contribution in [3.63, 3.8) is 0 Å². The van der Waals surface area contributed by atoms with Gasteiger partial charge in [0.1, 0.15) is 4.99 Å². The molecule has 5 heteroatoms. The Balaban J connectivity index is 1.90. The molecule has 110 valence electrons. The van der Waals surface area contributed by atoms with Crippen LogP contribution in [0.3, 0.4) is 0 Å². The molecule has 20 heavy (non-hydrogen) atoms. The van der Waals surface area contributed by atoms with Crippen LogP contribution in [0.2, 0.25) is 0 Å². The summed E-state index contributed by atoms with van der Waals surface area (Å²) in [6.07, 6.45) is 5.43. The lowest BCUT2D eigenvalue weighted by Crippen LogP contribution is -2.33. The Morgan fingerprint density at radius 1 is 1.45 bits per heavy atom. The Morgan fingerprint density at radius 2 is 2.15 bits per heavy atom. The molecule has 1 aromatic rings. The topological polar surface area (TPSA) is 41.3 Å². The lowest BCUT2D eigenvalue weighted by molar-refractivity contribution is 0.254. The first-order chi connectivity index (χ1) is 9.59. The Kier molecular flexibility index (Phi) is 5.81. The van der Waals surface area contributed by atoms with Crippen molar-refractivity contribution in [3.05, 3.63) is 28.2 Å². The van der Waals surface area contributed by atoms with Crippen LogP contribution in [0.25, 0.3) is 0 Å². The zero-order valence-corrected chi connectivity index (χ0v) is 14.3. The van der Waals surface area contributed by atoms with E-state index in [4.69, 9.17) is 18.0 Å². The first-order valence-corrected chi connectivity index (χ1v) is 8.32. The first-order valence-electron chi connectivity index (χ1n) is 7.12. The fourth-order valence-electron chi connectivity index (χ4n) is 2.82. The van der Waals surface area contributed by atoms with Gasteiger partial charge in [0, 0.05) is 34.9 Å². The number of benzene rings is 1. The van der Waals surface area contributed by atoms with Crippen LogP contribution in [-0.2, 0) is 0 Å². The fourth-order valence-corrected chi connectivity index (χ4v) is 3.75. The molecule has 0 aliphatic heterocycles. The van der Waals surface area contributed by atoms with Gasteiger partial charge < -0.3 is 16.0 Å². The van der Waals surface area contributed by atoms with Gasteiger partial charge in [-0.3, -0.25) is 0 Å². The van der Waals surface area contributed by atoms with E-state index in [2.05, 4.69) is 33.2 Å². The molecule has 2 rings (SSSR count). The quantitative estimate of drug-likeness (QED) is 0.767. The molecule has 0 heterocycles. The van der Waals surface area contributed by atoms with E-state index in [1.165, 1.54) is 25.7 Å². The van der Waals surface area contributed by atoms with E-state index >= 15 is 0 Å². The zero-order chi connectivity index (χ0) is 14.5. The number of nitrogens with two attached hydrogens (primary N) is 1. The van der Waals surface area contributed by atoms with E-state index in [-0.39, 0.29) is 0 Å². The monoisotopic (exact) mass is 355 g/mol. The van der Waals surface area contributed by atoms with Crippen molar-refractivity contribution >= 4 is 38.8 Å². The Labute approximate surface area is 135 Å². The predicted molar refractivity (Wildman–Crippen MR) is 93.4 cm³/mol. The average molecular weight is 356 g/mol. The molecule has 1 aliphatic rings. The van der Waals surface area contributed by atoms with Gasteiger partial charge in [0.2, 0.25) is 0 Å². The molecule has 1 aliphatic carbocycles. The van der Waals surface area contributed by atoms with Gasteiger partial charge in [-0.05, 0) is 48.0 Å². The van der Waals surface area contributed by atoms with Crippen LogP contribution in [0.5, 0.6) is 0 Å². The maximum Gasteiger partial charge on any atom is 0.107 e. The number of rotatable bonds is 6. The molecule has 0 amide bonds. The lowest BCUT2D eigenvalue weighted by Gasteiger charge is -2.24. The third kappa shape index (κ3) is 3.93. The fraction of sp³-hybridized carbons (Fsp3) is 0.533. The molecular formula is C15H22BrN3S. The minimum absolute atomic E-state index is 0.420. The third-order valence-electron chi connectivity index (χ3n) is 3.99. The summed E-state index contributed by atoms with van der Waals surface area (Å²) in [5, 5.41) is 3.45. The molecular weight excluding hydrogens is 334 g/mol. The normalized spacial score (nSPS) is 15.8. The Bertz CT molecular complexity index is 472. The van der Waals surface area contributed by atoms with E-state index in [9.17, 15) is 0 Å². The second kappa shape index (κ2) is 7.38. The largest absolute Gasteiger partial charge is 0.389 e. The number of halogens is 1. The van der Waals surface area contributed by atoms with E-state index in [0.717, 1.165) is 34.9 Å². The highest BCUT2D eigenvalue weighted by atomic mass is 79.9. The summed E-state index contributed by atoms with van der Waals surface area (Å²) < 4.78 is 0.944. The zero-order valence-electron chi connectivity index (χ0n) is 11.9. The van der Waals surface area contributed by atoms with Crippen LogP contribution >= 0.6 is 28.1 Å². The van der Waals surface area contributed by atoms with Crippen molar-refractivity contribution in [1.82, 2.24) is 4.90 Å². The highest BCUT2D eigenvalue weighted by Gasteiger charge is 2.19. The van der Waals surface area contributed by atoms with Crippen LogP contribution in [0, 0.1) is 0 Å². The smallest absolute Gasteiger partial charge is 0.107 e. The maximum absolute atomic E-state index is 5.80. The highest BCUT2D eigenvalue weighted by Crippen LogP contribution is 2.25. The van der Waals surface area contributed by atoms with Crippen molar-refractivity contribution in [1.29, 1.82) is 0 Å². The minimum Gasteiger partial charge on any atom is -0.389 e. The van der Waals surface area contributed by atoms with E-state index in [1.54, 1.807) is 0 Å². The van der Waals surface area contributed by atoms with E-state index in [1.807, 2.05) is 18.2 Å². The molecule has 3 N–H and O–H groups in total. The van der Waals surface area contributed by atoms with Gasteiger partial charge in [0.25, 0.3) is 0 Å². The predicted octanol–water partition coefficient (Wildman–Crippen LogP) is 3.37. The van der Waals surface area contributed by atoms with Gasteiger partial charge in [-0.15, -0.1) is 0 Å². The summed E-state index contributed by atoms with van der Waals surface area (Å²) in [4.78, 5) is 2.88. The molecule has 0 atom stereocenters. The Morgan fingerprint density at radius 3 is 2.80 bits per heavy atom. The minimum atomic E-state index is 0.420. The van der Waals surface area contributed by atoms with Gasteiger partial charge in [-0.2, -0.15) is 0 Å². The first kappa shape index (κ1) is 15.7. The van der Waals surface area contributed by atoms with Gasteiger partial charge in [0.15, 0.2) is 0 Å². The van der Waals surface area contributed by atoms with Crippen LogP contribution in [0.1, 0.15) is 31.2 Å². The van der Waals surface area contributed by atoms with Gasteiger partial charge in [-0.1, -0.05) is 31.1 Å². The van der Waals surface area contributed by atoms with Crippen LogP contribution in [0.4, 0.5) is 5.69 Å². The van der Waals surface area contributed by atoms with Gasteiger partial charge in [-0.25, -0.2) is 0 Å². The molecule has 0 unspecified atom stereocenters. The summed E-state index contributed by atoms with van der Waals surface area (Å²) in [6, 6.07) is 6.74. The molecule has 0 saturated heterocycles. The number of thiocarbonyl (C=S) groups is 1. The molecule has 1 aromatic carbocycles. The van der Waals surface area contributed by atoms with Crippen molar-refractivity contribution in [3.8, 4) is 0 Å². The second-order valence-corrected chi connectivity index (χ2v) is 6.67. The summed E-state index contributed by atoms with van der Waals surface area (Å²) in [6.45, 7) is 1.94. The number of hydrogen-bond acceptors (Lipinski definition) is 3. The SMILES string of the molecule is CN(CCNc1cccc(Br)c1C(N)=S)C1CCCC1.